The third-order valence-electron chi connectivity index (χ3n) is 3.14. The van der Waals surface area contributed by atoms with Crippen LogP contribution in [0.1, 0.15) is 38.5 Å². The van der Waals surface area contributed by atoms with Crippen molar-refractivity contribution in [3.63, 3.8) is 0 Å². The van der Waals surface area contributed by atoms with E-state index in [-0.39, 0.29) is 6.10 Å². The van der Waals surface area contributed by atoms with E-state index in [4.69, 9.17) is 0 Å². The summed E-state index contributed by atoms with van der Waals surface area (Å²) < 4.78 is 0. The van der Waals surface area contributed by atoms with Crippen LogP contribution in [0.5, 0.6) is 0 Å². The van der Waals surface area contributed by atoms with Gasteiger partial charge in [-0.05, 0) is 38.1 Å². The summed E-state index contributed by atoms with van der Waals surface area (Å²) >= 11 is 0. The molecule has 0 unspecified atom stereocenters. The summed E-state index contributed by atoms with van der Waals surface area (Å²) in [7, 11) is 0. The molecule has 0 spiro atoms. The zero-order chi connectivity index (χ0) is 8.39. The van der Waals surface area contributed by atoms with Gasteiger partial charge in [-0.25, -0.2) is 0 Å². The van der Waals surface area contributed by atoms with Crippen LogP contribution in [0.25, 0.3) is 0 Å². The van der Waals surface area contributed by atoms with Crippen molar-refractivity contribution < 1.29 is 5.11 Å². The Morgan fingerprint density at radius 1 is 1.17 bits per heavy atom. The molecule has 2 fully saturated rings. The number of nitrogens with one attached hydrogen (secondary N) is 1. The van der Waals surface area contributed by atoms with Crippen molar-refractivity contribution in [1.82, 2.24) is 5.32 Å². The Hall–Kier alpha value is -0.0800. The first-order valence-electron chi connectivity index (χ1n) is 5.28. The van der Waals surface area contributed by atoms with Crippen LogP contribution in [0.4, 0.5) is 0 Å². The molecule has 2 atom stereocenters. The maximum atomic E-state index is 9.51. The zero-order valence-corrected chi connectivity index (χ0v) is 7.63. The molecule has 0 aromatic rings. The number of rotatable bonds is 4. The third-order valence-corrected chi connectivity index (χ3v) is 3.14. The average molecular weight is 169 g/mol. The summed E-state index contributed by atoms with van der Waals surface area (Å²) in [6.45, 7) is 1.12. The van der Waals surface area contributed by atoms with E-state index in [2.05, 4.69) is 5.32 Å². The summed E-state index contributed by atoms with van der Waals surface area (Å²) in [6, 6.07) is 0.406. The first-order valence-corrected chi connectivity index (χ1v) is 5.28. The first kappa shape index (κ1) is 8.52. The molecule has 0 aliphatic heterocycles. The van der Waals surface area contributed by atoms with Crippen LogP contribution in [0, 0.1) is 5.92 Å². The average Bonchev–Trinajstić information content (AvgIpc) is 2.78. The molecule has 70 valence electrons. The second-order valence-electron chi connectivity index (χ2n) is 4.29. The fraction of sp³-hybridized carbons (Fsp3) is 1.00. The summed E-state index contributed by atoms with van der Waals surface area (Å²) in [5.74, 6) is 1.01. The molecule has 2 aliphatic rings. The van der Waals surface area contributed by atoms with Crippen LogP contribution in [0.15, 0.2) is 0 Å². The van der Waals surface area contributed by atoms with Crippen LogP contribution >= 0.6 is 0 Å². The Morgan fingerprint density at radius 3 is 2.58 bits per heavy atom. The van der Waals surface area contributed by atoms with Gasteiger partial charge in [0.25, 0.3) is 0 Å². The molecule has 0 aromatic carbocycles. The minimum absolute atomic E-state index is 0.0656. The molecule has 0 bridgehead atoms. The molecule has 2 rings (SSSR count). The molecule has 0 radical (unpaired) electrons. The lowest BCUT2D eigenvalue weighted by atomic mass is 10.2. The van der Waals surface area contributed by atoms with Gasteiger partial charge in [0.2, 0.25) is 0 Å². The van der Waals surface area contributed by atoms with Gasteiger partial charge >= 0.3 is 0 Å². The van der Waals surface area contributed by atoms with E-state index in [1.807, 2.05) is 0 Å². The molecule has 0 saturated heterocycles. The third kappa shape index (κ3) is 2.20. The number of hydrogen-bond acceptors (Lipinski definition) is 2. The second-order valence-corrected chi connectivity index (χ2v) is 4.29. The van der Waals surface area contributed by atoms with Crippen molar-refractivity contribution in [1.29, 1.82) is 0 Å². The minimum Gasteiger partial charge on any atom is -0.392 e. The van der Waals surface area contributed by atoms with E-state index in [0.29, 0.717) is 6.04 Å². The van der Waals surface area contributed by atoms with Crippen molar-refractivity contribution in [3.8, 4) is 0 Å². The quantitative estimate of drug-likeness (QED) is 0.664. The van der Waals surface area contributed by atoms with Gasteiger partial charge in [0, 0.05) is 6.04 Å². The summed E-state index contributed by atoms with van der Waals surface area (Å²) in [4.78, 5) is 0. The van der Waals surface area contributed by atoms with Crippen molar-refractivity contribution in [2.75, 3.05) is 6.54 Å². The fourth-order valence-corrected chi connectivity index (χ4v) is 2.06. The lowest BCUT2D eigenvalue weighted by molar-refractivity contribution is 0.149. The zero-order valence-electron chi connectivity index (χ0n) is 7.63. The molecule has 2 nitrogen and oxygen atoms in total. The van der Waals surface area contributed by atoms with Crippen LogP contribution in [0.2, 0.25) is 0 Å². The summed E-state index contributed by atoms with van der Waals surface area (Å²) in [5.41, 5.74) is 0. The van der Waals surface area contributed by atoms with Crippen LogP contribution in [-0.2, 0) is 0 Å². The standard InChI is InChI=1S/C10H19NO/c12-10-3-1-2-9(10)11-7-6-8-4-5-8/h8-12H,1-7H2/t9-,10-/m1/s1. The maximum absolute atomic E-state index is 9.51. The predicted molar refractivity (Wildman–Crippen MR) is 49.0 cm³/mol. The normalized spacial score (nSPS) is 35.8. The first-order chi connectivity index (χ1) is 5.86. The minimum atomic E-state index is -0.0656. The Labute approximate surface area is 74.4 Å². The Bertz CT molecular complexity index is 145. The molecular formula is C10H19NO. The highest BCUT2D eigenvalue weighted by Crippen LogP contribution is 2.32. The highest BCUT2D eigenvalue weighted by atomic mass is 16.3. The number of aliphatic hydroxyl groups is 1. The van der Waals surface area contributed by atoms with E-state index in [0.717, 1.165) is 18.9 Å². The van der Waals surface area contributed by atoms with Crippen molar-refractivity contribution >= 4 is 0 Å². The number of aliphatic hydroxyl groups excluding tert-OH is 1. The smallest absolute Gasteiger partial charge is 0.0693 e. The number of hydrogen-bond donors (Lipinski definition) is 2. The molecule has 12 heavy (non-hydrogen) atoms. The molecular weight excluding hydrogens is 150 g/mol. The highest BCUT2D eigenvalue weighted by molar-refractivity contribution is 4.83. The van der Waals surface area contributed by atoms with Crippen molar-refractivity contribution in [2.45, 2.75) is 50.7 Å². The van der Waals surface area contributed by atoms with Gasteiger partial charge in [-0.1, -0.05) is 12.8 Å². The summed E-state index contributed by atoms with van der Waals surface area (Å²) in [6.07, 6.45) is 7.51. The Kier molecular flexibility index (Phi) is 2.66. The highest BCUT2D eigenvalue weighted by Gasteiger charge is 2.25. The van der Waals surface area contributed by atoms with Gasteiger partial charge in [-0.3, -0.25) is 0 Å². The lowest BCUT2D eigenvalue weighted by Crippen LogP contribution is -2.36. The van der Waals surface area contributed by atoms with Gasteiger partial charge in [-0.15, -0.1) is 0 Å². The van der Waals surface area contributed by atoms with Crippen LogP contribution < -0.4 is 5.32 Å². The van der Waals surface area contributed by atoms with Crippen LogP contribution in [-0.4, -0.2) is 23.8 Å². The van der Waals surface area contributed by atoms with Gasteiger partial charge < -0.3 is 10.4 Å². The molecule has 2 N–H and O–H groups in total. The van der Waals surface area contributed by atoms with E-state index in [1.165, 1.54) is 32.1 Å². The Morgan fingerprint density at radius 2 is 2.00 bits per heavy atom. The second kappa shape index (κ2) is 3.75. The topological polar surface area (TPSA) is 32.3 Å². The fourth-order valence-electron chi connectivity index (χ4n) is 2.06. The SMILES string of the molecule is O[C@@H]1CCC[C@H]1NCCC1CC1. The van der Waals surface area contributed by atoms with Gasteiger partial charge in [0.15, 0.2) is 0 Å². The molecule has 0 aromatic heterocycles. The van der Waals surface area contributed by atoms with Crippen LogP contribution in [0.3, 0.4) is 0 Å². The van der Waals surface area contributed by atoms with Gasteiger partial charge in [0.1, 0.15) is 0 Å². The van der Waals surface area contributed by atoms with Gasteiger partial charge in [0.05, 0.1) is 6.10 Å². The maximum Gasteiger partial charge on any atom is 0.0693 e. The predicted octanol–water partition coefficient (Wildman–Crippen LogP) is 1.29. The Balaban J connectivity index is 1.58. The van der Waals surface area contributed by atoms with Gasteiger partial charge in [-0.2, -0.15) is 0 Å². The molecule has 2 saturated carbocycles. The summed E-state index contributed by atoms with van der Waals surface area (Å²) in [5, 5.41) is 13.0. The molecule has 0 heterocycles. The van der Waals surface area contributed by atoms with Crippen molar-refractivity contribution in [3.05, 3.63) is 0 Å². The van der Waals surface area contributed by atoms with E-state index < -0.39 is 0 Å². The monoisotopic (exact) mass is 169 g/mol. The molecule has 2 heteroatoms. The molecule has 2 aliphatic carbocycles. The van der Waals surface area contributed by atoms with E-state index in [9.17, 15) is 5.11 Å². The van der Waals surface area contributed by atoms with Crippen molar-refractivity contribution in [2.24, 2.45) is 5.92 Å². The lowest BCUT2D eigenvalue weighted by Gasteiger charge is -2.15. The molecule has 0 amide bonds. The van der Waals surface area contributed by atoms with E-state index in [1.54, 1.807) is 0 Å². The van der Waals surface area contributed by atoms with E-state index >= 15 is 0 Å². The largest absolute Gasteiger partial charge is 0.392 e.